The number of hydrogen-bond donors (Lipinski definition) is 0. The van der Waals surface area contributed by atoms with Gasteiger partial charge in [-0.2, -0.15) is 0 Å². The third kappa shape index (κ3) is 10.3. The van der Waals surface area contributed by atoms with E-state index in [2.05, 4.69) is 193 Å². The molecule has 0 aliphatic carbocycles. The number of benzene rings is 6. The van der Waals surface area contributed by atoms with Crippen LogP contribution < -0.4 is 4.40 Å². The van der Waals surface area contributed by atoms with Crippen molar-refractivity contribution in [3.05, 3.63) is 198 Å². The van der Waals surface area contributed by atoms with Crippen LogP contribution >= 0.6 is 0 Å². The Morgan fingerprint density at radius 1 is 0.690 bits per heavy atom. The van der Waals surface area contributed by atoms with E-state index in [1.54, 1.807) is 12.1 Å². The van der Waals surface area contributed by atoms with Crippen molar-refractivity contribution in [3.8, 4) is 39.5 Å². The molecule has 363 valence electrons. The van der Waals surface area contributed by atoms with Crippen LogP contribution in [0.4, 0.5) is 0 Å². The van der Waals surface area contributed by atoms with Crippen LogP contribution in [0.1, 0.15) is 112 Å². The number of aryl methyl sites for hydroxylation is 1. The molecule has 0 saturated carbocycles. The van der Waals surface area contributed by atoms with Crippen LogP contribution in [0.2, 0.25) is 17.3 Å². The van der Waals surface area contributed by atoms with Crippen molar-refractivity contribution in [2.45, 2.75) is 109 Å². The molecule has 0 bridgehead atoms. The molecule has 0 saturated heterocycles. The number of rotatable bonds is 9. The molecule has 0 spiro atoms. The zero-order chi connectivity index (χ0) is 52.2. The van der Waals surface area contributed by atoms with Gasteiger partial charge >= 0.3 is 165 Å². The molecule has 6 aromatic carbocycles. The monoisotopic (exact) mass is 1180 g/mol. The summed E-state index contributed by atoms with van der Waals surface area (Å²) in [5, 5.41) is 2.16. The molecule has 0 unspecified atom stereocenters. The summed E-state index contributed by atoms with van der Waals surface area (Å²) in [6, 6.07) is 54.3. The Balaban J connectivity index is 0.000000212. The average Bonchev–Trinajstić information content (AvgIpc) is 3.94. The van der Waals surface area contributed by atoms with E-state index in [9.17, 15) is 0 Å². The first kappa shape index (κ1) is 47.4. The van der Waals surface area contributed by atoms with E-state index in [4.69, 9.17) is 23.5 Å². The summed E-state index contributed by atoms with van der Waals surface area (Å²) in [7, 11) is 0. The fourth-order valence-electron chi connectivity index (χ4n) is 9.57. The van der Waals surface area contributed by atoms with Crippen molar-refractivity contribution in [3.63, 3.8) is 0 Å². The minimum Gasteiger partial charge on any atom is 0 e. The predicted molar refractivity (Wildman–Crippen MR) is 298 cm³/mol. The SMILES string of the molecule is CC(C)c1cc(-c2ccccc2)cc(C(C)C)c1-n1c(-c2[c-]ccc3c2oc2ccccc23)nc2cc(C(C)(C)C)ncc21.[2H]C([2H])([2H])c1c[c-]c(-c2cc(C(C)(C)c3ccccc3)[c]([Ge]([CH3])([CH3])[CH3])cn2)cc1.[Ir]. The third-order valence-corrected chi connectivity index (χ3v) is 17.8. The quantitative estimate of drug-likeness (QED) is 0.107. The minimum absolute atomic E-state index is 0. The molecule has 0 N–H and O–H groups in total. The number of hydrogen-bond acceptors (Lipinski definition) is 4. The maximum Gasteiger partial charge on any atom is 0 e. The molecular formula is C64H66GeIrN4O-2. The van der Waals surface area contributed by atoms with Gasteiger partial charge in [0.1, 0.15) is 5.58 Å². The molecule has 10 rings (SSSR count). The Morgan fingerprint density at radius 3 is 1.97 bits per heavy atom. The largest absolute Gasteiger partial charge is 0 e. The van der Waals surface area contributed by atoms with Gasteiger partial charge in [-0.3, -0.25) is 9.97 Å². The normalized spacial score (nSPS) is 13.0. The third-order valence-electron chi connectivity index (χ3n) is 13.6. The van der Waals surface area contributed by atoms with E-state index in [1.165, 1.54) is 43.5 Å². The Labute approximate surface area is 442 Å². The number of imidazole rings is 1. The molecule has 0 aliphatic rings. The molecule has 0 atom stereocenters. The maximum absolute atomic E-state index is 7.56. The van der Waals surface area contributed by atoms with Gasteiger partial charge in [0.2, 0.25) is 0 Å². The van der Waals surface area contributed by atoms with Gasteiger partial charge < -0.3 is 8.98 Å². The van der Waals surface area contributed by atoms with Crippen molar-refractivity contribution in [1.82, 2.24) is 19.5 Å². The average molecular weight is 1180 g/mol. The molecule has 5 nitrogen and oxygen atoms in total. The molecule has 0 amide bonds. The predicted octanol–water partition coefficient (Wildman–Crippen LogP) is 16.7. The fraction of sp³-hybridized carbons (Fsp3) is 0.266. The Bertz CT molecular complexity index is 3570. The minimum atomic E-state index is -2.18. The fourth-order valence-corrected chi connectivity index (χ4v) is 13.0. The van der Waals surface area contributed by atoms with Gasteiger partial charge in [0.05, 0.1) is 28.6 Å². The van der Waals surface area contributed by atoms with Gasteiger partial charge in [0.25, 0.3) is 0 Å². The van der Waals surface area contributed by atoms with E-state index < -0.39 is 20.1 Å². The number of furan rings is 1. The van der Waals surface area contributed by atoms with Gasteiger partial charge in [-0.25, -0.2) is 0 Å². The van der Waals surface area contributed by atoms with Crippen molar-refractivity contribution in [1.29, 1.82) is 0 Å². The Morgan fingerprint density at radius 2 is 1.35 bits per heavy atom. The smallest absolute Gasteiger partial charge is 0 e. The van der Waals surface area contributed by atoms with Crippen LogP contribution in [0.25, 0.3) is 72.4 Å². The van der Waals surface area contributed by atoms with Crippen LogP contribution in [0.3, 0.4) is 0 Å². The number of aromatic nitrogens is 4. The van der Waals surface area contributed by atoms with Gasteiger partial charge in [-0.15, -0.1) is 18.2 Å². The molecule has 0 fully saturated rings. The van der Waals surface area contributed by atoms with Crippen molar-refractivity contribution < 1.29 is 28.6 Å². The molecule has 1 radical (unpaired) electrons. The molecule has 0 aliphatic heterocycles. The van der Waals surface area contributed by atoms with Crippen LogP contribution in [0.15, 0.2) is 156 Å². The molecule has 4 heterocycles. The zero-order valence-electron chi connectivity index (χ0n) is 46.1. The van der Waals surface area contributed by atoms with Crippen LogP contribution in [0.5, 0.6) is 0 Å². The van der Waals surface area contributed by atoms with E-state index >= 15 is 0 Å². The second kappa shape index (κ2) is 20.3. The molecule has 10 aromatic rings. The summed E-state index contributed by atoms with van der Waals surface area (Å²) < 4.78 is 32.9. The number of nitrogens with zero attached hydrogens (tertiary/aromatic N) is 4. The van der Waals surface area contributed by atoms with E-state index in [0.717, 1.165) is 61.3 Å². The van der Waals surface area contributed by atoms with E-state index in [-0.39, 0.29) is 42.8 Å². The first-order valence-electron chi connectivity index (χ1n) is 26.1. The summed E-state index contributed by atoms with van der Waals surface area (Å²) in [6.45, 7) is 18.1. The maximum atomic E-state index is 7.56. The summed E-state index contributed by atoms with van der Waals surface area (Å²) in [4.78, 5) is 15.1. The van der Waals surface area contributed by atoms with Crippen LogP contribution in [0, 0.1) is 19.0 Å². The topological polar surface area (TPSA) is 56.7 Å². The molecule has 4 aromatic heterocycles. The number of pyridine rings is 2. The summed E-state index contributed by atoms with van der Waals surface area (Å²) >= 11 is -2.18. The van der Waals surface area contributed by atoms with Crippen molar-refractivity contribution in [2.75, 3.05) is 0 Å². The summed E-state index contributed by atoms with van der Waals surface area (Å²) in [5.74, 6) is 8.51. The van der Waals surface area contributed by atoms with Gasteiger partial charge in [-0.1, -0.05) is 108 Å². The van der Waals surface area contributed by atoms with Crippen molar-refractivity contribution in [2.24, 2.45) is 0 Å². The standard InChI is InChI=1S/C40H38N3O.C24H28GeN.Ir/c1-24(2)31-20-27(26-14-9-8-10-15-26)21-32(25(3)4)37(31)43-34-23-41-36(40(5,6)7)22-33(34)42-39(43)30-18-13-17-29-28-16-11-12-19-35(28)44-38(29)30;1-18-12-14-19(15-13-18)23-16-21(22(17-26-23)25(4,5)6)24(2,3)20-10-8-7-9-11-20;/h8-17,19-25H,1-7H3;7-14,16-17H,1-6H3;/q2*-1;/i;1D3;. The molecular weight excluding hydrogens is 1110 g/mol. The zero-order valence-corrected chi connectivity index (χ0v) is 47.6. The van der Waals surface area contributed by atoms with Crippen LogP contribution in [-0.2, 0) is 30.9 Å². The second-order valence-corrected chi connectivity index (χ2v) is 32.4. The second-order valence-electron chi connectivity index (χ2n) is 21.8. The van der Waals surface area contributed by atoms with Gasteiger partial charge in [-0.05, 0) is 58.4 Å². The van der Waals surface area contributed by atoms with Crippen molar-refractivity contribution >= 4 is 50.6 Å². The first-order chi connectivity index (χ1) is 34.5. The van der Waals surface area contributed by atoms with Gasteiger partial charge in [0.15, 0.2) is 0 Å². The molecule has 7 heteroatoms. The number of para-hydroxylation sites is 1. The first-order valence-corrected chi connectivity index (χ1v) is 31.9. The summed E-state index contributed by atoms with van der Waals surface area (Å²) in [5.41, 5.74) is 15.8. The van der Waals surface area contributed by atoms with E-state index in [0.29, 0.717) is 5.56 Å². The number of fused-ring (bicyclic) bond motifs is 4. The Kier molecular flexibility index (Phi) is 13.6. The Hall–Kier alpha value is -5.92. The summed E-state index contributed by atoms with van der Waals surface area (Å²) in [6.07, 6.45) is 4.05. The van der Waals surface area contributed by atoms with Crippen LogP contribution in [-0.4, -0.2) is 32.8 Å². The van der Waals surface area contributed by atoms with E-state index in [1.807, 2.05) is 42.7 Å². The molecule has 71 heavy (non-hydrogen) atoms. The van der Waals surface area contributed by atoms with Gasteiger partial charge in [0, 0.05) is 42.3 Å².